The van der Waals surface area contributed by atoms with Crippen LogP contribution in [0, 0.1) is 11.6 Å². The number of benzene rings is 1. The molecule has 0 amide bonds. The SMILES string of the molecule is Fc1ccc(Oc2ncccc2F)cc1Br. The summed E-state index contributed by atoms with van der Waals surface area (Å²) in [5.74, 6) is -0.802. The first-order chi connectivity index (χ1) is 7.66. The van der Waals surface area contributed by atoms with Crippen LogP contribution in [0.4, 0.5) is 8.78 Å². The minimum absolute atomic E-state index is 0.138. The first-order valence-electron chi connectivity index (χ1n) is 4.40. The number of aromatic nitrogens is 1. The molecule has 0 unspecified atom stereocenters. The molecule has 0 saturated heterocycles. The van der Waals surface area contributed by atoms with E-state index in [0.717, 1.165) is 0 Å². The van der Waals surface area contributed by atoms with Crippen molar-refractivity contribution in [3.05, 3.63) is 52.6 Å². The Balaban J connectivity index is 2.28. The van der Waals surface area contributed by atoms with Gasteiger partial charge in [-0.05, 0) is 46.3 Å². The van der Waals surface area contributed by atoms with Crippen molar-refractivity contribution >= 4 is 15.9 Å². The third kappa shape index (κ3) is 2.36. The van der Waals surface area contributed by atoms with Crippen LogP contribution >= 0.6 is 15.9 Å². The van der Waals surface area contributed by atoms with Gasteiger partial charge >= 0.3 is 0 Å². The first-order valence-corrected chi connectivity index (χ1v) is 5.19. The smallest absolute Gasteiger partial charge is 0.255 e. The molecule has 82 valence electrons. The summed E-state index contributed by atoms with van der Waals surface area (Å²) in [6.45, 7) is 0. The standard InChI is InChI=1S/C11H6BrF2NO/c12-8-6-7(3-4-9(8)13)16-11-10(14)2-1-5-15-11/h1-6H. The van der Waals surface area contributed by atoms with Gasteiger partial charge in [-0.3, -0.25) is 0 Å². The van der Waals surface area contributed by atoms with Crippen molar-refractivity contribution in [2.24, 2.45) is 0 Å². The van der Waals surface area contributed by atoms with E-state index in [2.05, 4.69) is 20.9 Å². The van der Waals surface area contributed by atoms with E-state index in [1.54, 1.807) is 0 Å². The summed E-state index contributed by atoms with van der Waals surface area (Å²) in [7, 11) is 0. The van der Waals surface area contributed by atoms with E-state index in [9.17, 15) is 8.78 Å². The lowest BCUT2D eigenvalue weighted by atomic mass is 10.3. The lowest BCUT2D eigenvalue weighted by Crippen LogP contribution is -1.91. The van der Waals surface area contributed by atoms with Crippen LogP contribution in [0.3, 0.4) is 0 Å². The largest absolute Gasteiger partial charge is 0.436 e. The van der Waals surface area contributed by atoms with Gasteiger partial charge in [0, 0.05) is 6.20 Å². The minimum Gasteiger partial charge on any atom is -0.436 e. The summed E-state index contributed by atoms with van der Waals surface area (Å²) >= 11 is 3.01. The zero-order chi connectivity index (χ0) is 11.5. The van der Waals surface area contributed by atoms with Gasteiger partial charge in [0.15, 0.2) is 5.82 Å². The van der Waals surface area contributed by atoms with E-state index in [1.165, 1.54) is 36.5 Å². The number of hydrogen-bond acceptors (Lipinski definition) is 2. The van der Waals surface area contributed by atoms with Gasteiger partial charge in [-0.1, -0.05) is 0 Å². The van der Waals surface area contributed by atoms with E-state index >= 15 is 0 Å². The number of ether oxygens (including phenoxy) is 1. The van der Waals surface area contributed by atoms with Crippen molar-refractivity contribution < 1.29 is 13.5 Å². The second-order valence-electron chi connectivity index (χ2n) is 2.97. The van der Waals surface area contributed by atoms with E-state index in [4.69, 9.17) is 4.74 Å². The van der Waals surface area contributed by atoms with Gasteiger partial charge in [-0.15, -0.1) is 0 Å². The van der Waals surface area contributed by atoms with Crippen LogP contribution in [-0.2, 0) is 0 Å². The van der Waals surface area contributed by atoms with Crippen LogP contribution in [0.15, 0.2) is 41.0 Å². The predicted molar refractivity (Wildman–Crippen MR) is 58.4 cm³/mol. The van der Waals surface area contributed by atoms with E-state index in [-0.39, 0.29) is 10.4 Å². The Morgan fingerprint density at radius 3 is 2.62 bits per heavy atom. The molecule has 5 heteroatoms. The maximum Gasteiger partial charge on any atom is 0.255 e. The molecule has 0 aliphatic carbocycles. The Hall–Kier alpha value is -1.49. The van der Waals surface area contributed by atoms with E-state index < -0.39 is 11.6 Å². The number of rotatable bonds is 2. The van der Waals surface area contributed by atoms with Crippen molar-refractivity contribution in [1.29, 1.82) is 0 Å². The van der Waals surface area contributed by atoms with Gasteiger partial charge in [0.1, 0.15) is 11.6 Å². The average molecular weight is 286 g/mol. The molecule has 2 aromatic rings. The summed E-state index contributed by atoms with van der Waals surface area (Å²) in [5.41, 5.74) is 0. The molecule has 1 heterocycles. The van der Waals surface area contributed by atoms with Gasteiger partial charge in [0.05, 0.1) is 4.47 Å². The Morgan fingerprint density at radius 2 is 1.94 bits per heavy atom. The van der Waals surface area contributed by atoms with Gasteiger partial charge in [-0.2, -0.15) is 0 Å². The molecule has 1 aromatic carbocycles. The van der Waals surface area contributed by atoms with Crippen molar-refractivity contribution in [1.82, 2.24) is 4.98 Å². The topological polar surface area (TPSA) is 22.1 Å². The van der Waals surface area contributed by atoms with E-state index in [1.807, 2.05) is 0 Å². The highest BCUT2D eigenvalue weighted by molar-refractivity contribution is 9.10. The Morgan fingerprint density at radius 1 is 1.12 bits per heavy atom. The molecule has 0 saturated carbocycles. The zero-order valence-electron chi connectivity index (χ0n) is 7.95. The van der Waals surface area contributed by atoms with Crippen molar-refractivity contribution in [2.45, 2.75) is 0 Å². The van der Waals surface area contributed by atoms with Gasteiger partial charge in [-0.25, -0.2) is 13.8 Å². The second kappa shape index (κ2) is 4.57. The van der Waals surface area contributed by atoms with Crippen LogP contribution in [0.5, 0.6) is 11.6 Å². The normalized spacial score (nSPS) is 10.2. The third-order valence-corrected chi connectivity index (χ3v) is 2.44. The molecule has 0 atom stereocenters. The molecule has 0 N–H and O–H groups in total. The molecule has 0 radical (unpaired) electrons. The molecule has 16 heavy (non-hydrogen) atoms. The highest BCUT2D eigenvalue weighted by Crippen LogP contribution is 2.26. The molecule has 0 spiro atoms. The van der Waals surface area contributed by atoms with Gasteiger partial charge < -0.3 is 4.74 Å². The lowest BCUT2D eigenvalue weighted by Gasteiger charge is -2.05. The van der Waals surface area contributed by atoms with Crippen LogP contribution in [-0.4, -0.2) is 4.98 Å². The maximum atomic E-state index is 13.2. The summed E-state index contributed by atoms with van der Waals surface area (Å²) in [6, 6.07) is 6.72. The summed E-state index contributed by atoms with van der Waals surface area (Å²) in [6.07, 6.45) is 1.41. The molecule has 2 rings (SSSR count). The fourth-order valence-corrected chi connectivity index (χ4v) is 1.46. The fraction of sp³-hybridized carbons (Fsp3) is 0. The van der Waals surface area contributed by atoms with Gasteiger partial charge in [0.2, 0.25) is 0 Å². The Kier molecular flexibility index (Phi) is 3.14. The molecule has 0 fully saturated rings. The van der Waals surface area contributed by atoms with E-state index in [0.29, 0.717) is 5.75 Å². The minimum atomic E-state index is -0.567. The van der Waals surface area contributed by atoms with Crippen molar-refractivity contribution in [2.75, 3.05) is 0 Å². The summed E-state index contributed by atoms with van der Waals surface area (Å²) in [5, 5.41) is 0. The number of pyridine rings is 1. The van der Waals surface area contributed by atoms with Crippen molar-refractivity contribution in [3.63, 3.8) is 0 Å². The molecule has 0 aliphatic rings. The quantitative estimate of drug-likeness (QED) is 0.835. The number of nitrogens with zero attached hydrogens (tertiary/aromatic N) is 1. The Labute approximate surface area is 99.0 Å². The number of halogens is 3. The predicted octanol–water partition coefficient (Wildman–Crippen LogP) is 3.91. The zero-order valence-corrected chi connectivity index (χ0v) is 9.54. The third-order valence-electron chi connectivity index (χ3n) is 1.83. The molecule has 1 aromatic heterocycles. The summed E-state index contributed by atoms with van der Waals surface area (Å²) < 4.78 is 31.5. The van der Waals surface area contributed by atoms with Crippen LogP contribution in [0.25, 0.3) is 0 Å². The second-order valence-corrected chi connectivity index (χ2v) is 3.82. The lowest BCUT2D eigenvalue weighted by molar-refractivity contribution is 0.421. The highest BCUT2D eigenvalue weighted by Gasteiger charge is 2.06. The molecule has 0 aliphatic heterocycles. The molecule has 0 bridgehead atoms. The molecular formula is C11H6BrF2NO. The highest BCUT2D eigenvalue weighted by atomic mass is 79.9. The van der Waals surface area contributed by atoms with Crippen molar-refractivity contribution in [3.8, 4) is 11.6 Å². The van der Waals surface area contributed by atoms with Crippen LogP contribution < -0.4 is 4.74 Å². The average Bonchev–Trinajstić information content (AvgIpc) is 2.27. The number of hydrogen-bond donors (Lipinski definition) is 0. The van der Waals surface area contributed by atoms with Gasteiger partial charge in [0.25, 0.3) is 5.88 Å². The fourth-order valence-electron chi connectivity index (χ4n) is 1.10. The monoisotopic (exact) mass is 285 g/mol. The van der Waals surface area contributed by atoms with Crippen LogP contribution in [0.2, 0.25) is 0 Å². The molecule has 2 nitrogen and oxygen atoms in total. The maximum absolute atomic E-state index is 13.2. The Bertz CT molecular complexity index is 519. The first kappa shape index (κ1) is 11.0. The van der Waals surface area contributed by atoms with Crippen LogP contribution in [0.1, 0.15) is 0 Å². The molecular weight excluding hydrogens is 280 g/mol. The summed E-state index contributed by atoms with van der Waals surface area (Å²) in [4.78, 5) is 3.72.